The van der Waals surface area contributed by atoms with Gasteiger partial charge in [0.05, 0.1) is 6.10 Å². The fourth-order valence-corrected chi connectivity index (χ4v) is 2.46. The van der Waals surface area contributed by atoms with Crippen molar-refractivity contribution in [3.63, 3.8) is 0 Å². The Morgan fingerprint density at radius 2 is 1.59 bits per heavy atom. The molecule has 0 radical (unpaired) electrons. The van der Waals surface area contributed by atoms with Gasteiger partial charge in [-0.3, -0.25) is 9.59 Å². The zero-order chi connectivity index (χ0) is 21.7. The van der Waals surface area contributed by atoms with Crippen molar-refractivity contribution in [2.75, 3.05) is 13.2 Å². The van der Waals surface area contributed by atoms with Gasteiger partial charge in [-0.15, -0.1) is 0 Å². The van der Waals surface area contributed by atoms with Gasteiger partial charge < -0.3 is 19.7 Å². The Morgan fingerprint density at radius 3 is 2.31 bits per heavy atom. The summed E-state index contributed by atoms with van der Waals surface area (Å²) in [6.07, 6.45) is 18.2. The van der Waals surface area contributed by atoms with E-state index in [2.05, 4.69) is 29.9 Å². The first kappa shape index (κ1) is 27.1. The van der Waals surface area contributed by atoms with Crippen molar-refractivity contribution in [3.8, 4) is 0 Å². The molecule has 0 saturated heterocycles. The zero-order valence-electron chi connectivity index (χ0n) is 17.9. The van der Waals surface area contributed by atoms with Crippen molar-refractivity contribution < 1.29 is 29.3 Å². The predicted molar refractivity (Wildman–Crippen MR) is 114 cm³/mol. The summed E-state index contributed by atoms with van der Waals surface area (Å²) >= 11 is 0. The van der Waals surface area contributed by atoms with E-state index in [0.29, 0.717) is 6.42 Å². The first-order valence-electron chi connectivity index (χ1n) is 10.6. The third-order valence-electron chi connectivity index (χ3n) is 4.05. The number of ether oxygens (including phenoxy) is 2. The summed E-state index contributed by atoms with van der Waals surface area (Å²) in [5.41, 5.74) is 0. The molecule has 0 rings (SSSR count). The maximum atomic E-state index is 11.6. The van der Waals surface area contributed by atoms with Gasteiger partial charge in [-0.25, -0.2) is 0 Å². The number of carbonyl (C=O) groups is 2. The molecule has 6 heteroatoms. The quantitative estimate of drug-likeness (QED) is 0.163. The molecule has 0 amide bonds. The highest BCUT2D eigenvalue weighted by Crippen LogP contribution is 2.10. The lowest BCUT2D eigenvalue weighted by molar-refractivity contribution is -0.151. The Hall–Kier alpha value is -1.92. The molecule has 0 bridgehead atoms. The number of esters is 2. The van der Waals surface area contributed by atoms with E-state index in [9.17, 15) is 19.8 Å². The number of hydrogen-bond donors (Lipinski definition) is 2. The third kappa shape index (κ3) is 20.6. The van der Waals surface area contributed by atoms with Crippen molar-refractivity contribution in [1.82, 2.24) is 0 Å². The smallest absolute Gasteiger partial charge is 0.305 e. The van der Waals surface area contributed by atoms with Gasteiger partial charge in [0.2, 0.25) is 0 Å². The lowest BCUT2D eigenvalue weighted by atomic mass is 10.1. The van der Waals surface area contributed by atoms with Gasteiger partial charge in [0.15, 0.2) is 0 Å². The SMILES string of the molecule is CC/C=C/C/C=C/C=C/C(O)CCCCCCCC(=O)OC[C@H](O)COC(C)=O. The van der Waals surface area contributed by atoms with Crippen molar-refractivity contribution in [1.29, 1.82) is 0 Å². The second-order valence-corrected chi connectivity index (χ2v) is 6.94. The number of aliphatic hydroxyl groups is 2. The molecule has 29 heavy (non-hydrogen) atoms. The minimum atomic E-state index is -0.989. The zero-order valence-corrected chi connectivity index (χ0v) is 17.9. The summed E-state index contributed by atoms with van der Waals surface area (Å²) in [5.74, 6) is -0.836. The van der Waals surface area contributed by atoms with Gasteiger partial charge in [-0.2, -0.15) is 0 Å². The summed E-state index contributed by atoms with van der Waals surface area (Å²) in [4.78, 5) is 22.2. The second-order valence-electron chi connectivity index (χ2n) is 6.94. The van der Waals surface area contributed by atoms with E-state index < -0.39 is 18.2 Å². The molecule has 2 N–H and O–H groups in total. The minimum absolute atomic E-state index is 0.165. The number of rotatable bonds is 17. The number of carbonyl (C=O) groups excluding carboxylic acids is 2. The molecular formula is C23H38O6. The second kappa shape index (κ2) is 19.4. The van der Waals surface area contributed by atoms with Crippen LogP contribution in [-0.2, 0) is 19.1 Å². The maximum absolute atomic E-state index is 11.6. The molecule has 2 atom stereocenters. The number of aliphatic hydroxyl groups excluding tert-OH is 2. The molecule has 0 aliphatic carbocycles. The Morgan fingerprint density at radius 1 is 0.897 bits per heavy atom. The summed E-state index contributed by atoms with van der Waals surface area (Å²) in [6.45, 7) is 3.02. The van der Waals surface area contributed by atoms with E-state index in [1.54, 1.807) is 0 Å². The van der Waals surface area contributed by atoms with E-state index in [4.69, 9.17) is 4.74 Å². The van der Waals surface area contributed by atoms with Crippen LogP contribution in [0.1, 0.15) is 71.6 Å². The molecule has 0 spiro atoms. The van der Waals surface area contributed by atoms with Crippen LogP contribution in [-0.4, -0.2) is 47.6 Å². The standard InChI is InChI=1S/C23H38O6/c1-3-4-5-6-7-9-12-15-21(25)16-13-10-8-11-14-17-23(27)29-19-22(26)18-28-20(2)24/h4-5,7,9,12,15,21-22,25-26H,3,6,8,10-11,13-14,16-19H2,1-2H3/b5-4+,9-7+,15-12+/t21?,22-/m1/s1. The van der Waals surface area contributed by atoms with Crippen LogP contribution >= 0.6 is 0 Å². The van der Waals surface area contributed by atoms with Crippen molar-refractivity contribution >= 4 is 11.9 Å². The Kier molecular flexibility index (Phi) is 18.1. The minimum Gasteiger partial charge on any atom is -0.463 e. The lowest BCUT2D eigenvalue weighted by Gasteiger charge is -2.11. The molecule has 166 valence electrons. The predicted octanol–water partition coefficient (Wildman–Crippen LogP) is 4.01. The van der Waals surface area contributed by atoms with E-state index in [0.717, 1.165) is 51.4 Å². The normalized spacial score (nSPS) is 13.9. The monoisotopic (exact) mass is 410 g/mol. The molecule has 0 aliphatic heterocycles. The summed E-state index contributed by atoms with van der Waals surface area (Å²) in [7, 11) is 0. The number of hydrogen-bond acceptors (Lipinski definition) is 6. The van der Waals surface area contributed by atoms with Crippen LogP contribution in [0.25, 0.3) is 0 Å². The summed E-state index contributed by atoms with van der Waals surface area (Å²) in [6, 6.07) is 0. The molecule has 0 aromatic carbocycles. The summed E-state index contributed by atoms with van der Waals surface area (Å²) in [5, 5.41) is 19.4. The van der Waals surface area contributed by atoms with Crippen LogP contribution in [0.3, 0.4) is 0 Å². The van der Waals surface area contributed by atoms with Gasteiger partial charge in [-0.05, 0) is 25.7 Å². The first-order chi connectivity index (χ1) is 14.0. The number of allylic oxidation sites excluding steroid dienone is 5. The van der Waals surface area contributed by atoms with E-state index in [-0.39, 0.29) is 19.2 Å². The molecule has 0 fully saturated rings. The summed E-state index contributed by atoms with van der Waals surface area (Å²) < 4.78 is 9.57. The van der Waals surface area contributed by atoms with Gasteiger partial charge >= 0.3 is 11.9 Å². The lowest BCUT2D eigenvalue weighted by Crippen LogP contribution is -2.24. The van der Waals surface area contributed by atoms with E-state index in [1.807, 2.05) is 18.2 Å². The fourth-order valence-electron chi connectivity index (χ4n) is 2.46. The highest BCUT2D eigenvalue weighted by molar-refractivity contribution is 5.69. The van der Waals surface area contributed by atoms with Gasteiger partial charge in [0.25, 0.3) is 0 Å². The maximum Gasteiger partial charge on any atom is 0.305 e. The largest absolute Gasteiger partial charge is 0.463 e. The highest BCUT2D eigenvalue weighted by atomic mass is 16.6. The van der Waals surface area contributed by atoms with Crippen molar-refractivity contribution in [3.05, 3.63) is 36.5 Å². The van der Waals surface area contributed by atoms with Crippen LogP contribution in [0.2, 0.25) is 0 Å². The average molecular weight is 411 g/mol. The molecule has 0 heterocycles. The Balaban J connectivity index is 3.56. The average Bonchev–Trinajstić information content (AvgIpc) is 2.69. The van der Waals surface area contributed by atoms with Gasteiger partial charge in [0.1, 0.15) is 19.3 Å². The van der Waals surface area contributed by atoms with Crippen LogP contribution in [0, 0.1) is 0 Å². The molecular weight excluding hydrogens is 372 g/mol. The topological polar surface area (TPSA) is 93.1 Å². The molecule has 0 aliphatic rings. The Bertz CT molecular complexity index is 509. The fraction of sp³-hybridized carbons (Fsp3) is 0.652. The third-order valence-corrected chi connectivity index (χ3v) is 4.05. The Labute approximate surface area is 175 Å². The highest BCUT2D eigenvalue weighted by Gasteiger charge is 2.10. The molecule has 6 nitrogen and oxygen atoms in total. The van der Waals surface area contributed by atoms with E-state index in [1.165, 1.54) is 6.92 Å². The van der Waals surface area contributed by atoms with E-state index >= 15 is 0 Å². The van der Waals surface area contributed by atoms with Crippen molar-refractivity contribution in [2.24, 2.45) is 0 Å². The molecule has 0 aromatic heterocycles. The van der Waals surface area contributed by atoms with Crippen LogP contribution in [0.4, 0.5) is 0 Å². The van der Waals surface area contributed by atoms with Crippen LogP contribution in [0.5, 0.6) is 0 Å². The molecule has 0 aromatic rings. The molecule has 0 saturated carbocycles. The number of unbranched alkanes of at least 4 members (excludes halogenated alkanes) is 4. The van der Waals surface area contributed by atoms with Gasteiger partial charge in [0, 0.05) is 13.3 Å². The first-order valence-corrected chi connectivity index (χ1v) is 10.6. The van der Waals surface area contributed by atoms with Crippen LogP contribution in [0.15, 0.2) is 36.5 Å². The van der Waals surface area contributed by atoms with Gasteiger partial charge in [-0.1, -0.05) is 69.1 Å². The van der Waals surface area contributed by atoms with Crippen molar-refractivity contribution in [2.45, 2.75) is 83.8 Å². The molecule has 1 unspecified atom stereocenters. The van der Waals surface area contributed by atoms with Crippen LogP contribution < -0.4 is 0 Å².